The van der Waals surface area contributed by atoms with Gasteiger partial charge in [-0.3, -0.25) is 14.7 Å². The van der Waals surface area contributed by atoms with E-state index in [2.05, 4.69) is 45.0 Å². The fourth-order valence-electron chi connectivity index (χ4n) is 4.64. The standard InChI is InChI=1S/C23H29N5O/c1-3-4-17-11-18(22-13-25-16-27(22)2)5-6-19(17)12-24-15-26-23(29)14-28-20-7-8-21(28)10-9-20/h3,5-6,11-13,16,20-21H,1,4,7-10,14-15H2,2H3,(H,26,29). The van der Waals surface area contributed by atoms with Gasteiger partial charge in [-0.1, -0.05) is 18.2 Å². The van der Waals surface area contributed by atoms with E-state index in [9.17, 15) is 4.79 Å². The third-order valence-electron chi connectivity index (χ3n) is 6.15. The average Bonchev–Trinajstić information content (AvgIpc) is 3.42. The van der Waals surface area contributed by atoms with E-state index in [1.165, 1.54) is 25.7 Å². The first-order valence-electron chi connectivity index (χ1n) is 10.4. The lowest BCUT2D eigenvalue weighted by molar-refractivity contribution is -0.122. The van der Waals surface area contributed by atoms with Gasteiger partial charge in [-0.2, -0.15) is 0 Å². The fraction of sp³-hybridized carbons (Fsp3) is 0.435. The fourth-order valence-corrected chi connectivity index (χ4v) is 4.64. The molecule has 1 amide bonds. The molecular formula is C23H29N5O. The second kappa shape index (κ2) is 8.74. The Balaban J connectivity index is 1.35. The summed E-state index contributed by atoms with van der Waals surface area (Å²) >= 11 is 0. The summed E-state index contributed by atoms with van der Waals surface area (Å²) in [6, 6.07) is 7.53. The lowest BCUT2D eigenvalue weighted by atomic mass is 10.0. The molecule has 0 aliphatic carbocycles. The van der Waals surface area contributed by atoms with Crippen LogP contribution >= 0.6 is 0 Å². The maximum atomic E-state index is 12.3. The lowest BCUT2D eigenvalue weighted by Gasteiger charge is -2.20. The van der Waals surface area contributed by atoms with Crippen LogP contribution in [0.3, 0.4) is 0 Å². The molecule has 2 bridgehead atoms. The molecule has 1 aromatic carbocycles. The molecule has 0 saturated carbocycles. The number of fused-ring (bicyclic) bond motifs is 2. The molecule has 0 unspecified atom stereocenters. The second-order valence-corrected chi connectivity index (χ2v) is 8.00. The molecule has 6 heteroatoms. The lowest BCUT2D eigenvalue weighted by Crippen LogP contribution is -2.39. The van der Waals surface area contributed by atoms with Crippen molar-refractivity contribution in [3.8, 4) is 11.3 Å². The van der Waals surface area contributed by atoms with Gasteiger partial charge in [0.15, 0.2) is 0 Å². The van der Waals surface area contributed by atoms with Crippen LogP contribution in [0.4, 0.5) is 0 Å². The van der Waals surface area contributed by atoms with Crippen LogP contribution in [0.5, 0.6) is 0 Å². The summed E-state index contributed by atoms with van der Waals surface area (Å²) in [4.78, 5) is 23.3. The quantitative estimate of drug-likeness (QED) is 0.556. The van der Waals surface area contributed by atoms with Gasteiger partial charge in [-0.05, 0) is 49.3 Å². The van der Waals surface area contributed by atoms with Crippen molar-refractivity contribution in [3.63, 3.8) is 0 Å². The highest BCUT2D eigenvalue weighted by Gasteiger charge is 2.39. The van der Waals surface area contributed by atoms with E-state index in [4.69, 9.17) is 0 Å². The minimum absolute atomic E-state index is 0.0684. The molecule has 0 atom stereocenters. The molecule has 2 aliphatic heterocycles. The molecule has 6 nitrogen and oxygen atoms in total. The third-order valence-corrected chi connectivity index (χ3v) is 6.15. The van der Waals surface area contributed by atoms with E-state index in [0.717, 1.165) is 28.8 Å². The minimum Gasteiger partial charge on any atom is -0.336 e. The number of carbonyl (C=O) groups is 1. The van der Waals surface area contributed by atoms with Crippen LogP contribution < -0.4 is 5.32 Å². The Bertz CT molecular complexity index is 896. The van der Waals surface area contributed by atoms with E-state index in [1.54, 1.807) is 6.33 Å². The molecule has 1 N–H and O–H groups in total. The summed E-state index contributed by atoms with van der Waals surface area (Å²) in [6.07, 6.45) is 13.1. The van der Waals surface area contributed by atoms with E-state index < -0.39 is 0 Å². The van der Waals surface area contributed by atoms with Gasteiger partial charge in [-0.15, -0.1) is 6.58 Å². The number of nitrogens with zero attached hydrogens (tertiary/aromatic N) is 4. The highest BCUT2D eigenvalue weighted by atomic mass is 16.2. The Labute approximate surface area is 172 Å². The van der Waals surface area contributed by atoms with Gasteiger partial charge in [0.25, 0.3) is 0 Å². The zero-order valence-electron chi connectivity index (χ0n) is 17.1. The third kappa shape index (κ3) is 4.32. The number of rotatable bonds is 8. The van der Waals surface area contributed by atoms with E-state index >= 15 is 0 Å². The van der Waals surface area contributed by atoms with Gasteiger partial charge < -0.3 is 9.88 Å². The van der Waals surface area contributed by atoms with Gasteiger partial charge in [-0.25, -0.2) is 4.98 Å². The van der Waals surface area contributed by atoms with Crippen LogP contribution in [0, 0.1) is 0 Å². The molecule has 0 spiro atoms. The summed E-state index contributed by atoms with van der Waals surface area (Å²) in [6.45, 7) is 4.68. The second-order valence-electron chi connectivity index (χ2n) is 8.00. The number of benzene rings is 1. The molecule has 2 saturated heterocycles. The van der Waals surface area contributed by atoms with Gasteiger partial charge in [0.2, 0.25) is 5.91 Å². The Morgan fingerprint density at radius 2 is 2.07 bits per heavy atom. The van der Waals surface area contributed by atoms with Crippen molar-refractivity contribution in [1.29, 1.82) is 0 Å². The molecule has 152 valence electrons. The molecule has 2 aromatic rings. The number of hydrogen-bond acceptors (Lipinski definition) is 4. The van der Waals surface area contributed by atoms with Gasteiger partial charge in [0.1, 0.15) is 6.67 Å². The Morgan fingerprint density at radius 3 is 2.72 bits per heavy atom. The van der Waals surface area contributed by atoms with Crippen molar-refractivity contribution in [3.05, 3.63) is 54.5 Å². The normalized spacial score (nSPS) is 21.1. The highest BCUT2D eigenvalue weighted by Crippen LogP contribution is 2.36. The summed E-state index contributed by atoms with van der Waals surface area (Å²) < 4.78 is 2.00. The molecule has 0 radical (unpaired) electrons. The number of imidazole rings is 1. The highest BCUT2D eigenvalue weighted by molar-refractivity contribution is 5.84. The van der Waals surface area contributed by atoms with Crippen molar-refractivity contribution in [2.45, 2.75) is 44.2 Å². The number of nitrogens with one attached hydrogen (secondary N) is 1. The summed E-state index contributed by atoms with van der Waals surface area (Å²) in [5, 5.41) is 2.93. The summed E-state index contributed by atoms with van der Waals surface area (Å²) in [5.41, 5.74) is 4.39. The van der Waals surface area contributed by atoms with E-state index in [0.29, 0.717) is 25.3 Å². The van der Waals surface area contributed by atoms with Gasteiger partial charge in [0, 0.05) is 30.9 Å². The van der Waals surface area contributed by atoms with Gasteiger partial charge in [0.05, 0.1) is 24.8 Å². The maximum Gasteiger partial charge on any atom is 0.235 e. The zero-order chi connectivity index (χ0) is 20.2. The average molecular weight is 392 g/mol. The number of amides is 1. The Kier molecular flexibility index (Phi) is 5.90. The molecule has 2 aliphatic rings. The minimum atomic E-state index is 0.0684. The van der Waals surface area contributed by atoms with Crippen molar-refractivity contribution in [2.75, 3.05) is 13.2 Å². The number of aliphatic imine (C=N–C) groups is 1. The van der Waals surface area contributed by atoms with Crippen molar-refractivity contribution in [2.24, 2.45) is 12.0 Å². The van der Waals surface area contributed by atoms with Crippen LogP contribution in [-0.2, 0) is 18.3 Å². The first kappa shape index (κ1) is 19.6. The van der Waals surface area contributed by atoms with Crippen LogP contribution in [0.2, 0.25) is 0 Å². The van der Waals surface area contributed by atoms with Crippen LogP contribution in [-0.4, -0.2) is 51.9 Å². The number of aryl methyl sites for hydroxylation is 1. The molecule has 3 heterocycles. The van der Waals surface area contributed by atoms with E-state index in [1.807, 2.05) is 30.1 Å². The smallest absolute Gasteiger partial charge is 0.235 e. The van der Waals surface area contributed by atoms with Crippen LogP contribution in [0.1, 0.15) is 36.8 Å². The summed E-state index contributed by atoms with van der Waals surface area (Å²) in [7, 11) is 1.99. The van der Waals surface area contributed by atoms with Crippen molar-refractivity contribution >= 4 is 12.1 Å². The Hall–Kier alpha value is -2.73. The predicted molar refractivity (Wildman–Crippen MR) is 116 cm³/mol. The maximum absolute atomic E-state index is 12.3. The first-order valence-corrected chi connectivity index (χ1v) is 10.4. The number of carbonyl (C=O) groups excluding carboxylic acids is 1. The van der Waals surface area contributed by atoms with Crippen LogP contribution in [0.15, 0.2) is 48.4 Å². The summed E-state index contributed by atoms with van der Waals surface area (Å²) in [5.74, 6) is 0.0684. The van der Waals surface area contributed by atoms with Crippen molar-refractivity contribution < 1.29 is 4.79 Å². The molecule has 4 rings (SSSR count). The molecule has 29 heavy (non-hydrogen) atoms. The topological polar surface area (TPSA) is 62.5 Å². The number of aromatic nitrogens is 2. The van der Waals surface area contributed by atoms with E-state index in [-0.39, 0.29) is 5.91 Å². The number of hydrogen-bond donors (Lipinski definition) is 1. The largest absolute Gasteiger partial charge is 0.336 e. The monoisotopic (exact) mass is 391 g/mol. The SMILES string of the molecule is C=CCc1cc(-c2cncn2C)ccc1C=NCNC(=O)CN1C2CCC1CC2. The predicted octanol–water partition coefficient (Wildman–Crippen LogP) is 2.94. The zero-order valence-corrected chi connectivity index (χ0v) is 17.1. The molecular weight excluding hydrogens is 362 g/mol. The Morgan fingerprint density at radius 1 is 1.31 bits per heavy atom. The molecule has 1 aromatic heterocycles. The van der Waals surface area contributed by atoms with Gasteiger partial charge >= 0.3 is 0 Å². The van der Waals surface area contributed by atoms with Crippen molar-refractivity contribution in [1.82, 2.24) is 19.8 Å². The number of allylic oxidation sites excluding steroid dienone is 1. The molecule has 2 fully saturated rings. The first-order chi connectivity index (χ1) is 14.2. The van der Waals surface area contributed by atoms with Crippen LogP contribution in [0.25, 0.3) is 11.3 Å².